The summed E-state index contributed by atoms with van der Waals surface area (Å²) < 4.78 is 15.3. The number of thioether (sulfide) groups is 1. The van der Waals surface area contributed by atoms with E-state index in [0.717, 1.165) is 34.3 Å². The van der Waals surface area contributed by atoms with E-state index in [9.17, 15) is 4.39 Å². The molecule has 7 heteroatoms. The first kappa shape index (κ1) is 17.4. The van der Waals surface area contributed by atoms with Gasteiger partial charge in [0.1, 0.15) is 5.82 Å². The molecule has 4 rings (SSSR count). The lowest BCUT2D eigenvalue weighted by atomic mass is 10.2. The Morgan fingerprint density at radius 1 is 0.889 bits per heavy atom. The molecule has 5 nitrogen and oxygen atoms in total. The summed E-state index contributed by atoms with van der Waals surface area (Å²) in [5.74, 6) is 1.23. The number of rotatable bonds is 6. The van der Waals surface area contributed by atoms with Gasteiger partial charge in [0.15, 0.2) is 11.0 Å². The Morgan fingerprint density at radius 3 is 2.44 bits per heavy atom. The van der Waals surface area contributed by atoms with Crippen molar-refractivity contribution in [1.29, 1.82) is 0 Å². The van der Waals surface area contributed by atoms with Crippen molar-refractivity contribution in [3.63, 3.8) is 0 Å². The maximum atomic E-state index is 13.4. The zero-order chi connectivity index (χ0) is 18.5. The number of halogens is 1. The lowest BCUT2D eigenvalue weighted by molar-refractivity contribution is 0.627. The number of hydrogen-bond acceptors (Lipinski definition) is 5. The molecule has 0 amide bonds. The molecule has 27 heavy (non-hydrogen) atoms. The van der Waals surface area contributed by atoms with Gasteiger partial charge in [0, 0.05) is 41.3 Å². The first-order chi connectivity index (χ1) is 13.3. The average Bonchev–Trinajstić information content (AvgIpc) is 3.14. The van der Waals surface area contributed by atoms with E-state index in [1.165, 1.54) is 12.1 Å². The van der Waals surface area contributed by atoms with Gasteiger partial charge >= 0.3 is 0 Å². The van der Waals surface area contributed by atoms with Gasteiger partial charge in [-0.15, -0.1) is 10.2 Å². The first-order valence-electron chi connectivity index (χ1n) is 8.46. The Hall–Kier alpha value is -3.06. The van der Waals surface area contributed by atoms with Crippen molar-refractivity contribution >= 4 is 11.8 Å². The minimum atomic E-state index is -0.276. The Kier molecular flexibility index (Phi) is 5.20. The topological polar surface area (TPSA) is 56.5 Å². The second-order valence-corrected chi connectivity index (χ2v) is 6.84. The maximum Gasteiger partial charge on any atom is 0.196 e. The van der Waals surface area contributed by atoms with Gasteiger partial charge in [0.2, 0.25) is 0 Å². The van der Waals surface area contributed by atoms with E-state index in [1.54, 1.807) is 42.5 Å². The summed E-state index contributed by atoms with van der Waals surface area (Å²) in [5, 5.41) is 9.48. The van der Waals surface area contributed by atoms with Gasteiger partial charge in [0.05, 0.1) is 0 Å². The predicted molar refractivity (Wildman–Crippen MR) is 103 cm³/mol. The van der Waals surface area contributed by atoms with Crippen LogP contribution in [0.15, 0.2) is 78.3 Å². The molecule has 0 unspecified atom stereocenters. The average molecular weight is 377 g/mol. The highest BCUT2D eigenvalue weighted by molar-refractivity contribution is 7.99. The monoisotopic (exact) mass is 377 g/mol. The second-order valence-electron chi connectivity index (χ2n) is 5.77. The Balaban J connectivity index is 1.64. The zero-order valence-corrected chi connectivity index (χ0v) is 15.2. The third kappa shape index (κ3) is 4.03. The third-order valence-corrected chi connectivity index (χ3v) is 4.90. The summed E-state index contributed by atoms with van der Waals surface area (Å²) >= 11 is 1.60. The number of aryl methyl sites for hydroxylation is 1. The zero-order valence-electron chi connectivity index (χ0n) is 14.4. The van der Waals surface area contributed by atoms with Crippen LogP contribution in [0.25, 0.3) is 17.1 Å². The fraction of sp³-hybridized carbons (Fsp3) is 0.100. The van der Waals surface area contributed by atoms with Crippen molar-refractivity contribution in [3.8, 4) is 17.1 Å². The Labute approximate surface area is 160 Å². The van der Waals surface area contributed by atoms with Crippen LogP contribution in [-0.2, 0) is 6.42 Å². The molecule has 0 N–H and O–H groups in total. The summed E-state index contributed by atoms with van der Waals surface area (Å²) in [5.41, 5.74) is 2.75. The number of benzene rings is 1. The molecular formula is C20H16FN5S. The van der Waals surface area contributed by atoms with Crippen molar-refractivity contribution in [2.75, 3.05) is 5.75 Å². The molecule has 0 aliphatic carbocycles. The molecule has 3 heterocycles. The fourth-order valence-electron chi connectivity index (χ4n) is 2.67. The van der Waals surface area contributed by atoms with Crippen molar-refractivity contribution in [2.24, 2.45) is 0 Å². The first-order valence-corrected chi connectivity index (χ1v) is 9.44. The molecule has 0 atom stereocenters. The summed E-state index contributed by atoms with van der Waals surface area (Å²) in [7, 11) is 0. The highest BCUT2D eigenvalue weighted by atomic mass is 32.2. The molecule has 1 aromatic carbocycles. The van der Waals surface area contributed by atoms with Crippen LogP contribution in [0.1, 0.15) is 5.69 Å². The van der Waals surface area contributed by atoms with Crippen LogP contribution in [0.3, 0.4) is 0 Å². The number of aromatic nitrogens is 5. The van der Waals surface area contributed by atoms with Crippen LogP contribution in [0.2, 0.25) is 0 Å². The smallest absolute Gasteiger partial charge is 0.196 e. The van der Waals surface area contributed by atoms with E-state index in [4.69, 9.17) is 0 Å². The van der Waals surface area contributed by atoms with E-state index in [-0.39, 0.29) is 5.82 Å². The van der Waals surface area contributed by atoms with Crippen molar-refractivity contribution in [1.82, 2.24) is 24.7 Å². The van der Waals surface area contributed by atoms with E-state index >= 15 is 0 Å². The lowest BCUT2D eigenvalue weighted by Crippen LogP contribution is -2.01. The molecule has 0 fully saturated rings. The molecule has 134 valence electrons. The third-order valence-electron chi connectivity index (χ3n) is 3.97. The van der Waals surface area contributed by atoms with Gasteiger partial charge in [-0.1, -0.05) is 17.8 Å². The summed E-state index contributed by atoms with van der Waals surface area (Å²) in [4.78, 5) is 8.40. The fourth-order valence-corrected chi connectivity index (χ4v) is 3.58. The summed E-state index contributed by atoms with van der Waals surface area (Å²) in [6.07, 6.45) is 6.05. The molecular weight excluding hydrogens is 361 g/mol. The molecule has 3 aromatic heterocycles. The molecule has 0 bridgehead atoms. The van der Waals surface area contributed by atoms with Gasteiger partial charge in [0.25, 0.3) is 0 Å². The molecule has 0 saturated carbocycles. The normalized spacial score (nSPS) is 10.9. The van der Waals surface area contributed by atoms with Gasteiger partial charge < -0.3 is 0 Å². The number of pyridine rings is 2. The van der Waals surface area contributed by atoms with Crippen LogP contribution in [0.4, 0.5) is 4.39 Å². The lowest BCUT2D eigenvalue weighted by Gasteiger charge is -2.10. The molecule has 0 saturated heterocycles. The maximum absolute atomic E-state index is 13.4. The minimum absolute atomic E-state index is 0.276. The van der Waals surface area contributed by atoms with Crippen molar-refractivity contribution in [2.45, 2.75) is 11.6 Å². The van der Waals surface area contributed by atoms with Crippen molar-refractivity contribution < 1.29 is 4.39 Å². The molecule has 0 spiro atoms. The van der Waals surface area contributed by atoms with Crippen LogP contribution < -0.4 is 0 Å². The molecule has 4 aromatic rings. The standard InChI is InChI=1S/C20H16FN5S/c21-16-4-6-18(7-5-16)26-19(15-8-12-22-13-9-15)24-25-20(26)27-14-10-17-3-1-2-11-23-17/h1-9,11-13H,10,14H2. The molecule has 0 aliphatic rings. The van der Waals surface area contributed by atoms with Gasteiger partial charge in [-0.3, -0.25) is 14.5 Å². The molecule has 0 aliphatic heterocycles. The predicted octanol–water partition coefficient (Wildman–Crippen LogP) is 4.20. The van der Waals surface area contributed by atoms with Crippen LogP contribution >= 0.6 is 11.8 Å². The highest BCUT2D eigenvalue weighted by Gasteiger charge is 2.16. The van der Waals surface area contributed by atoms with Crippen molar-refractivity contribution in [3.05, 3.63) is 84.7 Å². The van der Waals surface area contributed by atoms with Crippen LogP contribution in [0, 0.1) is 5.82 Å². The van der Waals surface area contributed by atoms with Gasteiger partial charge in [-0.2, -0.15) is 0 Å². The SMILES string of the molecule is Fc1ccc(-n2c(SCCc3ccccn3)nnc2-c2ccncc2)cc1. The van der Waals surface area contributed by atoms with E-state index in [0.29, 0.717) is 5.82 Å². The van der Waals surface area contributed by atoms with Gasteiger partial charge in [-0.25, -0.2) is 4.39 Å². The Morgan fingerprint density at radius 2 is 1.70 bits per heavy atom. The number of hydrogen-bond donors (Lipinski definition) is 0. The number of nitrogens with zero attached hydrogens (tertiary/aromatic N) is 5. The highest BCUT2D eigenvalue weighted by Crippen LogP contribution is 2.28. The van der Waals surface area contributed by atoms with Crippen LogP contribution in [-0.4, -0.2) is 30.5 Å². The Bertz CT molecular complexity index is 1000. The molecule has 0 radical (unpaired) electrons. The summed E-state index contributed by atoms with van der Waals surface area (Å²) in [6, 6.07) is 16.0. The second kappa shape index (κ2) is 8.09. The van der Waals surface area contributed by atoms with Crippen LogP contribution in [0.5, 0.6) is 0 Å². The van der Waals surface area contributed by atoms with E-state index in [2.05, 4.69) is 20.2 Å². The summed E-state index contributed by atoms with van der Waals surface area (Å²) in [6.45, 7) is 0. The van der Waals surface area contributed by atoms with E-state index in [1.807, 2.05) is 34.9 Å². The van der Waals surface area contributed by atoms with E-state index < -0.39 is 0 Å². The largest absolute Gasteiger partial charge is 0.270 e. The quantitative estimate of drug-likeness (QED) is 0.472. The minimum Gasteiger partial charge on any atom is -0.270 e. The van der Waals surface area contributed by atoms with Gasteiger partial charge in [-0.05, 0) is 55.0 Å².